The second-order valence-corrected chi connectivity index (χ2v) is 4.96. The van der Waals surface area contributed by atoms with Gasteiger partial charge in [-0.15, -0.1) is 0 Å². The molecule has 1 heterocycles. The molecular weight excluding hydrogens is 306 g/mol. The molecular formula is C14H14BrN3O. The summed E-state index contributed by atoms with van der Waals surface area (Å²) < 4.78 is 0.800. The van der Waals surface area contributed by atoms with E-state index in [1.54, 1.807) is 6.07 Å². The van der Waals surface area contributed by atoms with Crippen LogP contribution in [0.15, 0.2) is 41.0 Å². The fourth-order valence-electron chi connectivity index (χ4n) is 1.83. The van der Waals surface area contributed by atoms with Gasteiger partial charge in [-0.05, 0) is 52.7 Å². The van der Waals surface area contributed by atoms with E-state index in [0.717, 1.165) is 21.5 Å². The fourth-order valence-corrected chi connectivity index (χ4v) is 2.21. The summed E-state index contributed by atoms with van der Waals surface area (Å²) in [5, 5.41) is 3.26. The predicted octanol–water partition coefficient (Wildman–Crippen LogP) is 2.86. The number of primary amides is 1. The number of rotatable bonds is 4. The zero-order valence-electron chi connectivity index (χ0n) is 10.5. The molecule has 0 aliphatic heterocycles. The number of carbonyl (C=O) groups is 1. The third kappa shape index (κ3) is 3.32. The zero-order valence-corrected chi connectivity index (χ0v) is 12.1. The van der Waals surface area contributed by atoms with E-state index in [1.165, 1.54) is 0 Å². The minimum absolute atomic E-state index is 0.415. The Labute approximate surface area is 120 Å². The summed E-state index contributed by atoms with van der Waals surface area (Å²) >= 11 is 3.33. The van der Waals surface area contributed by atoms with Gasteiger partial charge in [0.1, 0.15) is 4.60 Å². The normalized spacial score (nSPS) is 10.2. The molecule has 0 saturated heterocycles. The van der Waals surface area contributed by atoms with Crippen LogP contribution in [0.25, 0.3) is 0 Å². The minimum atomic E-state index is -0.415. The van der Waals surface area contributed by atoms with Gasteiger partial charge < -0.3 is 11.1 Å². The molecule has 0 bridgehead atoms. The lowest BCUT2D eigenvalue weighted by Crippen LogP contribution is -2.14. The van der Waals surface area contributed by atoms with Gasteiger partial charge in [-0.3, -0.25) is 4.79 Å². The predicted molar refractivity (Wildman–Crippen MR) is 79.0 cm³/mol. The number of nitrogens with two attached hydrogens (primary N) is 1. The molecule has 4 nitrogen and oxygen atoms in total. The van der Waals surface area contributed by atoms with Crippen molar-refractivity contribution in [2.24, 2.45) is 5.73 Å². The molecule has 1 aromatic heterocycles. The maximum atomic E-state index is 11.3. The first-order valence-corrected chi connectivity index (χ1v) is 6.62. The summed E-state index contributed by atoms with van der Waals surface area (Å²) in [7, 11) is 0. The van der Waals surface area contributed by atoms with Gasteiger partial charge in [0.05, 0.1) is 12.2 Å². The van der Waals surface area contributed by atoms with Gasteiger partial charge in [0, 0.05) is 11.3 Å². The number of hydrogen-bond acceptors (Lipinski definition) is 3. The number of amides is 1. The molecule has 1 aromatic carbocycles. The van der Waals surface area contributed by atoms with Gasteiger partial charge in [0.2, 0.25) is 5.91 Å². The number of carbonyl (C=O) groups excluding carboxylic acids is 1. The van der Waals surface area contributed by atoms with Crippen LogP contribution in [-0.4, -0.2) is 10.9 Å². The molecule has 0 unspecified atom stereocenters. The van der Waals surface area contributed by atoms with E-state index < -0.39 is 5.91 Å². The van der Waals surface area contributed by atoms with Crippen molar-refractivity contribution in [2.45, 2.75) is 13.5 Å². The van der Waals surface area contributed by atoms with Crippen LogP contribution in [0.4, 0.5) is 5.69 Å². The molecule has 2 aromatic rings. The van der Waals surface area contributed by atoms with Gasteiger partial charge in [-0.2, -0.15) is 0 Å². The van der Waals surface area contributed by atoms with E-state index in [4.69, 9.17) is 5.73 Å². The number of nitrogens with zero attached hydrogens (tertiary/aromatic N) is 1. The highest BCUT2D eigenvalue weighted by Gasteiger charge is 2.08. The van der Waals surface area contributed by atoms with Gasteiger partial charge in [0.15, 0.2) is 0 Å². The van der Waals surface area contributed by atoms with Crippen molar-refractivity contribution in [3.05, 3.63) is 57.8 Å². The standard InChI is InChI=1S/C14H14BrN3O/c1-9-11(14(16)19)5-3-6-12(9)17-8-10-4-2-7-13(15)18-10/h2-7,17H,8H2,1H3,(H2,16,19). The Bertz CT molecular complexity index is 613. The maximum Gasteiger partial charge on any atom is 0.249 e. The monoisotopic (exact) mass is 319 g/mol. The second-order valence-electron chi connectivity index (χ2n) is 4.15. The van der Waals surface area contributed by atoms with Crippen LogP contribution in [0, 0.1) is 6.92 Å². The summed E-state index contributed by atoms with van der Waals surface area (Å²) in [6.07, 6.45) is 0. The van der Waals surface area contributed by atoms with Crippen LogP contribution in [-0.2, 0) is 6.54 Å². The van der Waals surface area contributed by atoms with Crippen molar-refractivity contribution in [3.63, 3.8) is 0 Å². The van der Waals surface area contributed by atoms with Crippen LogP contribution in [0.1, 0.15) is 21.6 Å². The van der Waals surface area contributed by atoms with Crippen LogP contribution in [0.2, 0.25) is 0 Å². The first-order valence-electron chi connectivity index (χ1n) is 5.82. The van der Waals surface area contributed by atoms with Gasteiger partial charge in [-0.25, -0.2) is 4.98 Å². The van der Waals surface area contributed by atoms with Crippen molar-refractivity contribution in [3.8, 4) is 0 Å². The first kappa shape index (κ1) is 13.5. The average molecular weight is 320 g/mol. The van der Waals surface area contributed by atoms with E-state index >= 15 is 0 Å². The lowest BCUT2D eigenvalue weighted by Gasteiger charge is -2.11. The van der Waals surface area contributed by atoms with Crippen LogP contribution in [0.5, 0.6) is 0 Å². The van der Waals surface area contributed by atoms with E-state index in [9.17, 15) is 4.79 Å². The lowest BCUT2D eigenvalue weighted by molar-refractivity contribution is 0.1000. The summed E-state index contributed by atoms with van der Waals surface area (Å²) in [4.78, 5) is 15.6. The van der Waals surface area contributed by atoms with E-state index in [0.29, 0.717) is 12.1 Å². The zero-order chi connectivity index (χ0) is 13.8. The topological polar surface area (TPSA) is 68.0 Å². The summed E-state index contributed by atoms with van der Waals surface area (Å²) in [5.41, 5.74) is 8.51. The smallest absolute Gasteiger partial charge is 0.249 e. The summed E-state index contributed by atoms with van der Waals surface area (Å²) in [5.74, 6) is -0.415. The van der Waals surface area contributed by atoms with Crippen molar-refractivity contribution >= 4 is 27.5 Å². The van der Waals surface area contributed by atoms with Crippen LogP contribution in [0.3, 0.4) is 0 Å². The summed E-state index contributed by atoms with van der Waals surface area (Å²) in [6, 6.07) is 11.2. The lowest BCUT2D eigenvalue weighted by atomic mass is 10.1. The summed E-state index contributed by atoms with van der Waals surface area (Å²) in [6.45, 7) is 2.46. The van der Waals surface area contributed by atoms with Gasteiger partial charge in [0.25, 0.3) is 0 Å². The molecule has 5 heteroatoms. The van der Waals surface area contributed by atoms with Crippen LogP contribution < -0.4 is 11.1 Å². The highest BCUT2D eigenvalue weighted by molar-refractivity contribution is 9.10. The van der Waals surface area contributed by atoms with E-state index in [1.807, 2.05) is 37.3 Å². The maximum absolute atomic E-state index is 11.3. The first-order chi connectivity index (χ1) is 9.08. The Morgan fingerprint density at radius 2 is 2.05 bits per heavy atom. The Morgan fingerprint density at radius 3 is 2.74 bits per heavy atom. The van der Waals surface area contributed by atoms with E-state index in [2.05, 4.69) is 26.2 Å². The third-order valence-electron chi connectivity index (χ3n) is 2.83. The quantitative estimate of drug-likeness (QED) is 0.851. The Balaban J connectivity index is 2.16. The van der Waals surface area contributed by atoms with Crippen molar-refractivity contribution in [2.75, 3.05) is 5.32 Å². The number of aromatic nitrogens is 1. The highest BCUT2D eigenvalue weighted by Crippen LogP contribution is 2.19. The number of anilines is 1. The minimum Gasteiger partial charge on any atom is -0.379 e. The third-order valence-corrected chi connectivity index (χ3v) is 3.27. The molecule has 0 aliphatic carbocycles. The fraction of sp³-hybridized carbons (Fsp3) is 0.143. The number of nitrogens with one attached hydrogen (secondary N) is 1. The number of benzene rings is 1. The van der Waals surface area contributed by atoms with Gasteiger partial charge >= 0.3 is 0 Å². The largest absolute Gasteiger partial charge is 0.379 e. The van der Waals surface area contributed by atoms with Crippen molar-refractivity contribution in [1.82, 2.24) is 4.98 Å². The molecule has 0 atom stereocenters. The SMILES string of the molecule is Cc1c(NCc2cccc(Br)n2)cccc1C(N)=O. The van der Waals surface area contributed by atoms with Crippen LogP contribution >= 0.6 is 15.9 Å². The molecule has 0 spiro atoms. The number of hydrogen-bond donors (Lipinski definition) is 2. The molecule has 0 aliphatic rings. The molecule has 0 fully saturated rings. The Kier molecular flexibility index (Phi) is 4.16. The van der Waals surface area contributed by atoms with Crippen molar-refractivity contribution in [1.29, 1.82) is 0 Å². The molecule has 1 amide bonds. The van der Waals surface area contributed by atoms with Crippen molar-refractivity contribution < 1.29 is 4.79 Å². The molecule has 0 radical (unpaired) electrons. The molecule has 19 heavy (non-hydrogen) atoms. The van der Waals surface area contributed by atoms with Gasteiger partial charge in [-0.1, -0.05) is 12.1 Å². The average Bonchev–Trinajstić information content (AvgIpc) is 2.37. The Morgan fingerprint density at radius 1 is 1.32 bits per heavy atom. The second kappa shape index (κ2) is 5.84. The number of pyridine rings is 1. The number of halogens is 1. The molecule has 98 valence electrons. The molecule has 2 rings (SSSR count). The van der Waals surface area contributed by atoms with E-state index in [-0.39, 0.29) is 0 Å². The Hall–Kier alpha value is -1.88. The highest BCUT2D eigenvalue weighted by atomic mass is 79.9. The molecule has 0 saturated carbocycles. The molecule has 3 N–H and O–H groups in total.